The largest absolute Gasteiger partial charge is 0.456 e. The van der Waals surface area contributed by atoms with Crippen molar-refractivity contribution in [2.24, 2.45) is 0 Å². The van der Waals surface area contributed by atoms with Crippen molar-refractivity contribution in [2.75, 3.05) is 11.4 Å². The SMILES string of the molecule is CC(C)(C)OC(=O)c1ccc(N2CC(S(=O)(=O)Cl)CC2=O)cc1. The number of anilines is 1. The summed E-state index contributed by atoms with van der Waals surface area (Å²) in [7, 11) is 1.54. The third-order valence-corrected chi connectivity index (χ3v) is 5.17. The first-order valence-corrected chi connectivity index (χ1v) is 9.42. The van der Waals surface area contributed by atoms with E-state index in [2.05, 4.69) is 0 Å². The van der Waals surface area contributed by atoms with Crippen molar-refractivity contribution in [1.29, 1.82) is 0 Å². The number of benzene rings is 1. The Kier molecular flexibility index (Phi) is 4.73. The lowest BCUT2D eigenvalue weighted by Crippen LogP contribution is -2.27. The second-order valence-electron chi connectivity index (χ2n) is 6.35. The predicted molar refractivity (Wildman–Crippen MR) is 87.1 cm³/mol. The number of carbonyl (C=O) groups excluding carboxylic acids is 2. The minimum atomic E-state index is -3.78. The van der Waals surface area contributed by atoms with Crippen LogP contribution in [0.25, 0.3) is 0 Å². The highest BCUT2D eigenvalue weighted by Gasteiger charge is 2.38. The van der Waals surface area contributed by atoms with E-state index in [0.717, 1.165) is 0 Å². The molecule has 126 valence electrons. The van der Waals surface area contributed by atoms with Gasteiger partial charge in [-0.3, -0.25) is 4.79 Å². The number of carbonyl (C=O) groups is 2. The Bertz CT molecular complexity index is 721. The quantitative estimate of drug-likeness (QED) is 0.611. The van der Waals surface area contributed by atoms with Crippen molar-refractivity contribution >= 4 is 37.3 Å². The number of halogens is 1. The predicted octanol–water partition coefficient (Wildman–Crippen LogP) is 2.32. The molecule has 6 nitrogen and oxygen atoms in total. The average molecular weight is 360 g/mol. The fourth-order valence-electron chi connectivity index (χ4n) is 2.23. The Morgan fingerprint density at radius 3 is 2.26 bits per heavy atom. The van der Waals surface area contributed by atoms with Crippen molar-refractivity contribution in [2.45, 2.75) is 38.0 Å². The van der Waals surface area contributed by atoms with E-state index in [4.69, 9.17) is 15.4 Å². The van der Waals surface area contributed by atoms with Gasteiger partial charge in [-0.1, -0.05) is 0 Å². The molecule has 0 spiro atoms. The maximum Gasteiger partial charge on any atom is 0.338 e. The van der Waals surface area contributed by atoms with E-state index in [1.807, 2.05) is 0 Å². The number of ether oxygens (including phenoxy) is 1. The summed E-state index contributed by atoms with van der Waals surface area (Å²) in [5.41, 5.74) is 0.282. The summed E-state index contributed by atoms with van der Waals surface area (Å²) in [4.78, 5) is 25.2. The van der Waals surface area contributed by atoms with Crippen molar-refractivity contribution in [3.63, 3.8) is 0 Å². The van der Waals surface area contributed by atoms with Gasteiger partial charge in [0, 0.05) is 29.3 Å². The number of hydrogen-bond donors (Lipinski definition) is 0. The zero-order valence-electron chi connectivity index (χ0n) is 13.1. The molecule has 1 atom stereocenters. The summed E-state index contributed by atoms with van der Waals surface area (Å²) in [5, 5.41) is -0.915. The molecule has 1 aliphatic rings. The van der Waals surface area contributed by atoms with Crippen LogP contribution in [0.4, 0.5) is 5.69 Å². The van der Waals surface area contributed by atoms with E-state index in [1.54, 1.807) is 45.0 Å². The molecule has 1 heterocycles. The number of esters is 1. The Labute approximate surface area is 139 Å². The van der Waals surface area contributed by atoms with Crippen LogP contribution in [0.2, 0.25) is 0 Å². The summed E-state index contributed by atoms with van der Waals surface area (Å²) >= 11 is 0. The van der Waals surface area contributed by atoms with E-state index < -0.39 is 25.9 Å². The van der Waals surface area contributed by atoms with Gasteiger partial charge in [-0.05, 0) is 45.0 Å². The average Bonchev–Trinajstić information content (AvgIpc) is 2.79. The third-order valence-electron chi connectivity index (χ3n) is 3.30. The topological polar surface area (TPSA) is 80.8 Å². The molecule has 1 fully saturated rings. The molecule has 8 heteroatoms. The van der Waals surface area contributed by atoms with Gasteiger partial charge < -0.3 is 9.64 Å². The Hall–Kier alpha value is -1.60. The van der Waals surface area contributed by atoms with Crippen LogP contribution in [0.3, 0.4) is 0 Å². The molecule has 2 rings (SSSR count). The Morgan fingerprint density at radius 1 is 1.26 bits per heavy atom. The lowest BCUT2D eigenvalue weighted by Gasteiger charge is -2.20. The smallest absolute Gasteiger partial charge is 0.338 e. The van der Waals surface area contributed by atoms with Crippen molar-refractivity contribution < 1.29 is 22.7 Å². The zero-order valence-corrected chi connectivity index (χ0v) is 14.6. The highest BCUT2D eigenvalue weighted by atomic mass is 35.7. The summed E-state index contributed by atoms with van der Waals surface area (Å²) in [5.74, 6) is -0.776. The van der Waals surface area contributed by atoms with Crippen molar-refractivity contribution in [1.82, 2.24) is 0 Å². The van der Waals surface area contributed by atoms with Crippen LogP contribution >= 0.6 is 10.7 Å². The molecule has 0 bridgehead atoms. The van der Waals surface area contributed by atoms with Gasteiger partial charge >= 0.3 is 5.97 Å². The van der Waals surface area contributed by atoms with E-state index in [-0.39, 0.29) is 18.9 Å². The second-order valence-corrected chi connectivity index (χ2v) is 9.26. The van der Waals surface area contributed by atoms with Gasteiger partial charge in [-0.25, -0.2) is 13.2 Å². The van der Waals surface area contributed by atoms with Crippen LogP contribution in [0.5, 0.6) is 0 Å². The number of hydrogen-bond acceptors (Lipinski definition) is 5. The summed E-state index contributed by atoms with van der Waals surface area (Å²) in [6.07, 6.45) is -0.139. The first kappa shape index (κ1) is 17.7. The number of rotatable bonds is 3. The van der Waals surface area contributed by atoms with Crippen LogP contribution in [-0.2, 0) is 18.6 Å². The van der Waals surface area contributed by atoms with E-state index in [1.165, 1.54) is 4.90 Å². The number of amides is 1. The molecule has 1 unspecified atom stereocenters. The number of nitrogens with zero attached hydrogens (tertiary/aromatic N) is 1. The van der Waals surface area contributed by atoms with Gasteiger partial charge in [0.05, 0.1) is 5.56 Å². The maximum atomic E-state index is 11.9. The second kappa shape index (κ2) is 6.13. The molecule has 1 aliphatic heterocycles. The van der Waals surface area contributed by atoms with Crippen LogP contribution in [0, 0.1) is 0 Å². The first-order chi connectivity index (χ1) is 10.5. The molecule has 1 amide bonds. The van der Waals surface area contributed by atoms with E-state index in [9.17, 15) is 18.0 Å². The minimum absolute atomic E-state index is 0.0104. The summed E-state index contributed by atoms with van der Waals surface area (Å²) in [6, 6.07) is 6.25. The molecular weight excluding hydrogens is 342 g/mol. The van der Waals surface area contributed by atoms with Gasteiger partial charge in [-0.15, -0.1) is 0 Å². The van der Waals surface area contributed by atoms with E-state index >= 15 is 0 Å². The lowest BCUT2D eigenvalue weighted by molar-refractivity contribution is -0.117. The monoisotopic (exact) mass is 359 g/mol. The first-order valence-electron chi connectivity index (χ1n) is 7.04. The molecule has 1 aromatic rings. The zero-order chi connectivity index (χ0) is 17.4. The molecule has 1 saturated heterocycles. The molecule has 0 N–H and O–H groups in total. The molecular formula is C15H18ClNO5S. The Morgan fingerprint density at radius 2 is 1.83 bits per heavy atom. The standard InChI is InChI=1S/C15H18ClNO5S/c1-15(2,3)22-14(19)10-4-6-11(7-5-10)17-9-12(8-13(17)18)23(16,20)21/h4-7,12H,8-9H2,1-3H3. The highest BCUT2D eigenvalue weighted by Crippen LogP contribution is 2.27. The van der Waals surface area contributed by atoms with Crippen LogP contribution < -0.4 is 4.90 Å². The van der Waals surface area contributed by atoms with E-state index in [0.29, 0.717) is 11.3 Å². The highest BCUT2D eigenvalue weighted by molar-refractivity contribution is 8.14. The minimum Gasteiger partial charge on any atom is -0.456 e. The van der Waals surface area contributed by atoms with Crippen molar-refractivity contribution in [3.8, 4) is 0 Å². The van der Waals surface area contributed by atoms with Crippen LogP contribution in [0.1, 0.15) is 37.6 Å². The van der Waals surface area contributed by atoms with Crippen molar-refractivity contribution in [3.05, 3.63) is 29.8 Å². The third kappa shape index (κ3) is 4.45. The molecule has 23 heavy (non-hydrogen) atoms. The Balaban J connectivity index is 2.14. The van der Waals surface area contributed by atoms with Crippen LogP contribution in [0.15, 0.2) is 24.3 Å². The summed E-state index contributed by atoms with van der Waals surface area (Å²) in [6.45, 7) is 5.33. The maximum absolute atomic E-state index is 11.9. The van der Waals surface area contributed by atoms with Gasteiger partial charge in [0.1, 0.15) is 10.9 Å². The van der Waals surface area contributed by atoms with Crippen LogP contribution in [-0.4, -0.2) is 37.7 Å². The molecule has 1 aromatic carbocycles. The fourth-order valence-corrected chi connectivity index (χ4v) is 3.25. The molecule has 0 radical (unpaired) electrons. The molecule has 0 aromatic heterocycles. The molecule has 0 saturated carbocycles. The van der Waals surface area contributed by atoms with Gasteiger partial charge in [0.2, 0.25) is 15.0 Å². The van der Waals surface area contributed by atoms with Gasteiger partial charge in [-0.2, -0.15) is 0 Å². The van der Waals surface area contributed by atoms with Gasteiger partial charge in [0.15, 0.2) is 0 Å². The summed E-state index contributed by atoms with van der Waals surface area (Å²) < 4.78 is 28.0. The van der Waals surface area contributed by atoms with Gasteiger partial charge in [0.25, 0.3) is 0 Å². The molecule has 0 aliphatic carbocycles. The fraction of sp³-hybridized carbons (Fsp3) is 0.467. The normalized spacial score (nSPS) is 19.0. The lowest BCUT2D eigenvalue weighted by atomic mass is 10.1.